The fourth-order valence-corrected chi connectivity index (χ4v) is 2.75. The highest BCUT2D eigenvalue weighted by Gasteiger charge is 2.52. The molecule has 1 aliphatic rings. The normalized spacial score (nSPS) is 17.5. The molecule has 0 amide bonds. The van der Waals surface area contributed by atoms with E-state index in [4.69, 9.17) is 18.8 Å². The Hall–Kier alpha value is -2.39. The molecule has 9 heteroatoms. The Kier molecular flexibility index (Phi) is 5.49. The van der Waals surface area contributed by atoms with Crippen molar-refractivity contribution in [1.82, 2.24) is 9.97 Å². The van der Waals surface area contributed by atoms with Gasteiger partial charge in [0.05, 0.1) is 31.0 Å². The van der Waals surface area contributed by atoms with Crippen molar-refractivity contribution in [2.75, 3.05) is 19.5 Å². The lowest BCUT2D eigenvalue weighted by Gasteiger charge is -2.32. The number of methoxy groups -OCH3 is 2. The summed E-state index contributed by atoms with van der Waals surface area (Å²) in [7, 11) is 2.39. The van der Waals surface area contributed by atoms with Crippen molar-refractivity contribution in [2.45, 2.75) is 45.4 Å². The van der Waals surface area contributed by atoms with Gasteiger partial charge in [0.25, 0.3) is 5.95 Å². The van der Waals surface area contributed by atoms with Crippen LogP contribution in [0.15, 0.2) is 24.4 Å². The molecule has 2 heterocycles. The van der Waals surface area contributed by atoms with Gasteiger partial charge in [0.2, 0.25) is 0 Å². The number of nitrogens with one attached hydrogen (secondary N) is 1. The van der Waals surface area contributed by atoms with Crippen molar-refractivity contribution in [1.29, 1.82) is 0 Å². The van der Waals surface area contributed by atoms with Crippen molar-refractivity contribution in [3.8, 4) is 11.5 Å². The van der Waals surface area contributed by atoms with E-state index < -0.39 is 24.3 Å². The molecule has 2 aromatic rings. The van der Waals surface area contributed by atoms with E-state index in [2.05, 4.69) is 15.3 Å². The van der Waals surface area contributed by atoms with Gasteiger partial charge in [0.1, 0.15) is 11.5 Å². The van der Waals surface area contributed by atoms with Crippen LogP contribution >= 0.6 is 0 Å². The van der Waals surface area contributed by atoms with E-state index in [-0.39, 0.29) is 5.82 Å². The Morgan fingerprint density at radius 3 is 2.36 bits per heavy atom. The largest absolute Gasteiger partial charge is 0.516 e. The van der Waals surface area contributed by atoms with E-state index in [9.17, 15) is 4.39 Å². The molecule has 0 saturated carbocycles. The summed E-state index contributed by atoms with van der Waals surface area (Å²) in [6, 6.07) is 5.41. The molecular formula is C19H25BFN3O4. The number of ether oxygens (including phenoxy) is 2. The Labute approximate surface area is 164 Å². The quantitative estimate of drug-likeness (QED) is 0.761. The van der Waals surface area contributed by atoms with Crippen LogP contribution in [0.5, 0.6) is 11.5 Å². The number of anilines is 1. The summed E-state index contributed by atoms with van der Waals surface area (Å²) >= 11 is 0. The molecule has 1 fully saturated rings. The third-order valence-corrected chi connectivity index (χ3v) is 5.18. The van der Waals surface area contributed by atoms with Crippen LogP contribution in [-0.2, 0) is 15.9 Å². The minimum Gasteiger partial charge on any atom is -0.497 e. The van der Waals surface area contributed by atoms with E-state index in [1.807, 2.05) is 39.8 Å². The summed E-state index contributed by atoms with van der Waals surface area (Å²) in [6.45, 7) is 8.02. The first kappa shape index (κ1) is 20.4. The summed E-state index contributed by atoms with van der Waals surface area (Å²) in [5.74, 6) is 0.630. The minimum atomic E-state index is -0.761. The van der Waals surface area contributed by atoms with E-state index in [0.29, 0.717) is 23.6 Å². The van der Waals surface area contributed by atoms with Gasteiger partial charge in [-0.15, -0.1) is 0 Å². The zero-order valence-electron chi connectivity index (χ0n) is 17.0. The highest BCUT2D eigenvalue weighted by atomic mass is 19.1. The monoisotopic (exact) mass is 389 g/mol. The van der Waals surface area contributed by atoms with Gasteiger partial charge < -0.3 is 24.1 Å². The fourth-order valence-electron chi connectivity index (χ4n) is 2.75. The Bertz CT molecular complexity index is 847. The highest BCUT2D eigenvalue weighted by Crippen LogP contribution is 2.36. The molecule has 1 N–H and O–H groups in total. The number of hydrogen-bond donors (Lipinski definition) is 1. The predicted octanol–water partition coefficient (Wildman–Crippen LogP) is 2.54. The second-order valence-corrected chi connectivity index (χ2v) is 7.55. The molecular weight excluding hydrogens is 364 g/mol. The molecule has 1 aromatic carbocycles. The lowest BCUT2D eigenvalue weighted by molar-refractivity contribution is 0.00578. The number of rotatable bonds is 6. The topological polar surface area (TPSA) is 74.7 Å². The molecule has 1 aromatic heterocycles. The van der Waals surface area contributed by atoms with Crippen LogP contribution in [-0.4, -0.2) is 42.5 Å². The zero-order valence-corrected chi connectivity index (χ0v) is 17.0. The summed E-state index contributed by atoms with van der Waals surface area (Å²) < 4.78 is 36.8. The maximum Gasteiger partial charge on any atom is 0.516 e. The summed E-state index contributed by atoms with van der Waals surface area (Å²) in [6.07, 6.45) is 1.46. The van der Waals surface area contributed by atoms with Crippen LogP contribution in [0.4, 0.5) is 10.2 Å². The van der Waals surface area contributed by atoms with Crippen LogP contribution in [0.2, 0.25) is 0 Å². The number of nitrogens with zero attached hydrogens (tertiary/aromatic N) is 2. The minimum absolute atomic E-state index is 0.0399. The molecule has 0 radical (unpaired) electrons. The number of halogens is 1. The average Bonchev–Trinajstić information content (AvgIpc) is 2.88. The second-order valence-electron chi connectivity index (χ2n) is 7.55. The first-order valence-electron chi connectivity index (χ1n) is 8.99. The van der Waals surface area contributed by atoms with Crippen molar-refractivity contribution in [2.24, 2.45) is 0 Å². The lowest BCUT2D eigenvalue weighted by atomic mass is 9.85. The first-order chi connectivity index (χ1) is 13.2. The number of benzene rings is 1. The molecule has 1 saturated heterocycles. The maximum atomic E-state index is 14.5. The van der Waals surface area contributed by atoms with Gasteiger partial charge in [-0.25, -0.2) is 9.97 Å². The van der Waals surface area contributed by atoms with Gasteiger partial charge in [-0.05, 0) is 39.8 Å². The van der Waals surface area contributed by atoms with Crippen LogP contribution in [0.1, 0.15) is 33.3 Å². The van der Waals surface area contributed by atoms with Crippen LogP contribution in [0.25, 0.3) is 0 Å². The molecule has 150 valence electrons. The molecule has 3 rings (SSSR count). The van der Waals surface area contributed by atoms with Crippen molar-refractivity contribution in [3.63, 3.8) is 0 Å². The summed E-state index contributed by atoms with van der Waals surface area (Å²) in [5, 5.41) is 2.94. The number of aromatic nitrogens is 2. The summed E-state index contributed by atoms with van der Waals surface area (Å²) in [4.78, 5) is 8.12. The highest BCUT2D eigenvalue weighted by molar-refractivity contribution is 6.61. The Morgan fingerprint density at radius 2 is 1.79 bits per heavy atom. The predicted molar refractivity (Wildman–Crippen MR) is 105 cm³/mol. The van der Waals surface area contributed by atoms with E-state index >= 15 is 0 Å². The average molecular weight is 389 g/mol. The molecule has 28 heavy (non-hydrogen) atoms. The molecule has 0 spiro atoms. The molecule has 7 nitrogen and oxygen atoms in total. The SMILES string of the molecule is COc1ccc(CNc2ncc(B3OC(C)(C)C(C)(C)O3)nc2F)c(OC)c1. The molecule has 0 unspecified atom stereocenters. The molecule has 1 aliphatic heterocycles. The Balaban J connectivity index is 1.72. The van der Waals surface area contributed by atoms with Crippen molar-refractivity contribution in [3.05, 3.63) is 35.9 Å². The van der Waals surface area contributed by atoms with Gasteiger partial charge in [0, 0.05) is 24.4 Å². The smallest absolute Gasteiger partial charge is 0.497 e. The molecule has 0 aliphatic carbocycles. The Morgan fingerprint density at radius 1 is 1.11 bits per heavy atom. The second kappa shape index (κ2) is 7.56. The third kappa shape index (κ3) is 3.90. The van der Waals surface area contributed by atoms with Crippen LogP contribution in [0, 0.1) is 5.95 Å². The van der Waals surface area contributed by atoms with Gasteiger partial charge in [-0.2, -0.15) is 4.39 Å². The van der Waals surface area contributed by atoms with Gasteiger partial charge in [-0.1, -0.05) is 0 Å². The van der Waals surface area contributed by atoms with Crippen molar-refractivity contribution >= 4 is 18.5 Å². The van der Waals surface area contributed by atoms with Crippen molar-refractivity contribution < 1.29 is 23.2 Å². The zero-order chi connectivity index (χ0) is 20.5. The van der Waals surface area contributed by atoms with E-state index in [1.165, 1.54) is 6.20 Å². The first-order valence-corrected chi connectivity index (χ1v) is 8.99. The van der Waals surface area contributed by atoms with Gasteiger partial charge >= 0.3 is 7.12 Å². The standard InChI is InChI=1S/C19H25BFN3O4/c1-18(2)19(3,4)28-20(27-18)15-11-23-17(16(21)24-15)22-10-12-7-8-13(25-5)9-14(12)26-6/h7-9,11H,10H2,1-6H3,(H,22,23). The summed E-state index contributed by atoms with van der Waals surface area (Å²) in [5.41, 5.74) is 0.0678. The number of hydrogen-bond acceptors (Lipinski definition) is 7. The van der Waals surface area contributed by atoms with Crippen LogP contribution in [0.3, 0.4) is 0 Å². The molecule has 0 bridgehead atoms. The van der Waals surface area contributed by atoms with E-state index in [1.54, 1.807) is 20.3 Å². The maximum absolute atomic E-state index is 14.5. The third-order valence-electron chi connectivity index (χ3n) is 5.18. The lowest BCUT2D eigenvalue weighted by Crippen LogP contribution is -2.41. The fraction of sp³-hybridized carbons (Fsp3) is 0.474. The molecule has 0 atom stereocenters. The van der Waals surface area contributed by atoms with Gasteiger partial charge in [0.15, 0.2) is 5.82 Å². The van der Waals surface area contributed by atoms with Gasteiger partial charge in [-0.3, -0.25) is 0 Å². The van der Waals surface area contributed by atoms with E-state index in [0.717, 1.165) is 5.56 Å². The van der Waals surface area contributed by atoms with Crippen LogP contribution < -0.4 is 20.4 Å².